The van der Waals surface area contributed by atoms with Crippen molar-refractivity contribution in [2.24, 2.45) is 0 Å². The van der Waals surface area contributed by atoms with E-state index >= 15 is 0 Å². The maximum Gasteiger partial charge on any atom is 0.214 e. The standard InChI is InChI=1S/C9H14FN3OS/c1-6-12-13-8(15-6)5-11-7-3-2-4-14-9(7)10/h7,9,11H,2-5H2,1H3. The molecule has 0 spiro atoms. The van der Waals surface area contributed by atoms with Gasteiger partial charge in [0.15, 0.2) is 0 Å². The molecule has 1 aromatic rings. The van der Waals surface area contributed by atoms with Crippen LogP contribution in [0.25, 0.3) is 0 Å². The molecule has 0 bridgehead atoms. The number of hydrogen-bond donors (Lipinski definition) is 1. The molecule has 84 valence electrons. The van der Waals surface area contributed by atoms with Crippen molar-refractivity contribution in [2.45, 2.75) is 38.7 Å². The highest BCUT2D eigenvalue weighted by Gasteiger charge is 2.24. The predicted molar refractivity (Wildman–Crippen MR) is 55.4 cm³/mol. The molecule has 1 aromatic heterocycles. The number of nitrogens with one attached hydrogen (secondary N) is 1. The molecule has 0 radical (unpaired) electrons. The predicted octanol–water partition coefficient (Wildman–Crippen LogP) is 1.41. The molecule has 1 N–H and O–H groups in total. The number of hydrogen-bond acceptors (Lipinski definition) is 5. The van der Waals surface area contributed by atoms with Gasteiger partial charge in [-0.1, -0.05) is 0 Å². The van der Waals surface area contributed by atoms with E-state index in [1.807, 2.05) is 6.92 Å². The Hall–Kier alpha value is -0.590. The summed E-state index contributed by atoms with van der Waals surface area (Å²) in [5.74, 6) is 0. The zero-order chi connectivity index (χ0) is 10.7. The molecule has 0 aliphatic carbocycles. The zero-order valence-corrected chi connectivity index (χ0v) is 9.39. The fraction of sp³-hybridized carbons (Fsp3) is 0.778. The van der Waals surface area contributed by atoms with Gasteiger partial charge in [-0.3, -0.25) is 0 Å². The van der Waals surface area contributed by atoms with Gasteiger partial charge < -0.3 is 10.1 Å². The van der Waals surface area contributed by atoms with E-state index in [1.165, 1.54) is 11.3 Å². The largest absolute Gasteiger partial charge is 0.347 e. The minimum atomic E-state index is -1.19. The molecule has 0 aromatic carbocycles. The van der Waals surface area contributed by atoms with Gasteiger partial charge in [-0.25, -0.2) is 4.39 Å². The van der Waals surface area contributed by atoms with E-state index in [-0.39, 0.29) is 6.04 Å². The van der Waals surface area contributed by atoms with Crippen molar-refractivity contribution in [2.75, 3.05) is 6.61 Å². The van der Waals surface area contributed by atoms with Crippen molar-refractivity contribution in [1.29, 1.82) is 0 Å². The minimum Gasteiger partial charge on any atom is -0.347 e. The van der Waals surface area contributed by atoms with E-state index in [9.17, 15) is 4.39 Å². The molecule has 1 aliphatic rings. The first-order valence-corrected chi connectivity index (χ1v) is 5.85. The number of nitrogens with zero attached hydrogens (tertiary/aromatic N) is 2. The van der Waals surface area contributed by atoms with Gasteiger partial charge in [0.2, 0.25) is 6.36 Å². The average Bonchev–Trinajstić information content (AvgIpc) is 2.63. The first-order valence-electron chi connectivity index (χ1n) is 5.04. The Balaban J connectivity index is 1.81. The number of ether oxygens (including phenoxy) is 1. The third-order valence-electron chi connectivity index (χ3n) is 2.34. The Morgan fingerprint density at radius 1 is 1.60 bits per heavy atom. The maximum atomic E-state index is 13.2. The average molecular weight is 231 g/mol. The van der Waals surface area contributed by atoms with E-state index in [0.717, 1.165) is 22.9 Å². The Kier molecular flexibility index (Phi) is 3.61. The summed E-state index contributed by atoms with van der Waals surface area (Å²) in [4.78, 5) is 0. The van der Waals surface area contributed by atoms with Crippen molar-refractivity contribution < 1.29 is 9.13 Å². The van der Waals surface area contributed by atoms with E-state index in [1.54, 1.807) is 0 Å². The Morgan fingerprint density at radius 2 is 2.47 bits per heavy atom. The normalized spacial score (nSPS) is 26.8. The number of halogens is 1. The number of aryl methyl sites for hydroxylation is 1. The molecule has 2 atom stereocenters. The van der Waals surface area contributed by atoms with Crippen LogP contribution in [0, 0.1) is 6.92 Å². The molecular weight excluding hydrogens is 217 g/mol. The van der Waals surface area contributed by atoms with Crippen LogP contribution in [0.4, 0.5) is 4.39 Å². The first kappa shape index (κ1) is 10.9. The molecule has 2 unspecified atom stereocenters. The molecule has 0 amide bonds. The molecule has 1 aliphatic heterocycles. The summed E-state index contributed by atoms with van der Waals surface area (Å²) < 4.78 is 18.2. The van der Waals surface area contributed by atoms with Crippen LogP contribution in [0.3, 0.4) is 0 Å². The molecule has 15 heavy (non-hydrogen) atoms. The third-order valence-corrected chi connectivity index (χ3v) is 3.17. The second-order valence-corrected chi connectivity index (χ2v) is 4.83. The van der Waals surface area contributed by atoms with Crippen LogP contribution in [0.5, 0.6) is 0 Å². The van der Waals surface area contributed by atoms with E-state index < -0.39 is 6.36 Å². The van der Waals surface area contributed by atoms with Crippen LogP contribution in [0.1, 0.15) is 22.9 Å². The van der Waals surface area contributed by atoms with Crippen LogP contribution in [0.2, 0.25) is 0 Å². The molecule has 4 nitrogen and oxygen atoms in total. The van der Waals surface area contributed by atoms with Gasteiger partial charge >= 0.3 is 0 Å². The minimum absolute atomic E-state index is 0.206. The molecule has 2 rings (SSSR count). The highest BCUT2D eigenvalue weighted by atomic mass is 32.1. The summed E-state index contributed by atoms with van der Waals surface area (Å²) in [6.45, 7) is 3.00. The Bertz CT molecular complexity index is 320. The van der Waals surface area contributed by atoms with E-state index in [2.05, 4.69) is 15.5 Å². The first-order chi connectivity index (χ1) is 7.25. The SMILES string of the molecule is Cc1nnc(CNC2CCCOC2F)s1. The Labute approximate surface area is 91.9 Å². The zero-order valence-electron chi connectivity index (χ0n) is 8.57. The van der Waals surface area contributed by atoms with E-state index in [4.69, 9.17) is 4.74 Å². The summed E-state index contributed by atoms with van der Waals surface area (Å²) in [7, 11) is 0. The second-order valence-electron chi connectivity index (χ2n) is 3.57. The molecular formula is C9H14FN3OS. The monoisotopic (exact) mass is 231 g/mol. The highest BCUT2D eigenvalue weighted by Crippen LogP contribution is 2.16. The van der Waals surface area contributed by atoms with Gasteiger partial charge in [-0.2, -0.15) is 0 Å². The summed E-state index contributed by atoms with van der Waals surface area (Å²) >= 11 is 1.53. The second kappa shape index (κ2) is 4.96. The van der Waals surface area contributed by atoms with Gasteiger partial charge in [0.05, 0.1) is 19.2 Å². The lowest BCUT2D eigenvalue weighted by Gasteiger charge is -2.26. The lowest BCUT2D eigenvalue weighted by atomic mass is 10.1. The number of aromatic nitrogens is 2. The van der Waals surface area contributed by atoms with Gasteiger partial charge in [0.1, 0.15) is 10.0 Å². The third kappa shape index (κ3) is 2.93. The van der Waals surface area contributed by atoms with Crippen LogP contribution in [-0.4, -0.2) is 29.2 Å². The lowest BCUT2D eigenvalue weighted by Crippen LogP contribution is -2.41. The van der Waals surface area contributed by atoms with Gasteiger partial charge in [-0.05, 0) is 19.8 Å². The maximum absolute atomic E-state index is 13.2. The van der Waals surface area contributed by atoms with Gasteiger partial charge in [-0.15, -0.1) is 21.5 Å². The topological polar surface area (TPSA) is 47.0 Å². The molecule has 0 saturated carbocycles. The fourth-order valence-corrected chi connectivity index (χ4v) is 2.23. The lowest BCUT2D eigenvalue weighted by molar-refractivity contribution is -0.0897. The van der Waals surface area contributed by atoms with Crippen molar-refractivity contribution in [1.82, 2.24) is 15.5 Å². The van der Waals surface area contributed by atoms with Crippen molar-refractivity contribution in [3.8, 4) is 0 Å². The van der Waals surface area contributed by atoms with Crippen molar-refractivity contribution in [3.05, 3.63) is 10.0 Å². The van der Waals surface area contributed by atoms with Gasteiger partial charge in [0.25, 0.3) is 0 Å². The summed E-state index contributed by atoms with van der Waals surface area (Å²) in [5.41, 5.74) is 0. The van der Waals surface area contributed by atoms with Crippen LogP contribution < -0.4 is 5.32 Å². The van der Waals surface area contributed by atoms with Crippen molar-refractivity contribution >= 4 is 11.3 Å². The molecule has 1 saturated heterocycles. The molecule has 6 heteroatoms. The molecule has 2 heterocycles. The number of alkyl halides is 1. The quantitative estimate of drug-likeness (QED) is 0.854. The van der Waals surface area contributed by atoms with Gasteiger partial charge in [0, 0.05) is 0 Å². The van der Waals surface area contributed by atoms with Crippen LogP contribution in [0.15, 0.2) is 0 Å². The van der Waals surface area contributed by atoms with E-state index in [0.29, 0.717) is 13.2 Å². The molecule has 1 fully saturated rings. The number of rotatable bonds is 3. The fourth-order valence-electron chi connectivity index (χ4n) is 1.57. The van der Waals surface area contributed by atoms with Crippen LogP contribution >= 0.6 is 11.3 Å². The Morgan fingerprint density at radius 3 is 3.13 bits per heavy atom. The summed E-state index contributed by atoms with van der Waals surface area (Å²) in [5, 5.41) is 12.8. The van der Waals surface area contributed by atoms with Crippen molar-refractivity contribution in [3.63, 3.8) is 0 Å². The summed E-state index contributed by atoms with van der Waals surface area (Å²) in [6, 6.07) is -0.206. The highest BCUT2D eigenvalue weighted by molar-refractivity contribution is 7.11. The summed E-state index contributed by atoms with van der Waals surface area (Å²) in [6.07, 6.45) is 0.541. The smallest absolute Gasteiger partial charge is 0.214 e. The van der Waals surface area contributed by atoms with Crippen LogP contribution in [-0.2, 0) is 11.3 Å².